The van der Waals surface area contributed by atoms with E-state index in [0.717, 1.165) is 32.1 Å². The molecule has 1 fully saturated rings. The van der Waals surface area contributed by atoms with Gasteiger partial charge in [-0.15, -0.1) is 0 Å². The normalized spacial score (nSPS) is 21.0. The molecule has 2 amide bonds. The van der Waals surface area contributed by atoms with Crippen molar-refractivity contribution in [3.8, 4) is 0 Å². The van der Waals surface area contributed by atoms with Crippen molar-refractivity contribution in [2.75, 3.05) is 6.54 Å². The van der Waals surface area contributed by atoms with Gasteiger partial charge in [-0.1, -0.05) is 30.3 Å². The van der Waals surface area contributed by atoms with Gasteiger partial charge in [-0.25, -0.2) is 0 Å². The summed E-state index contributed by atoms with van der Waals surface area (Å²) in [5.41, 5.74) is 1.24. The predicted octanol–water partition coefficient (Wildman–Crippen LogP) is 2.68. The van der Waals surface area contributed by atoms with Gasteiger partial charge in [0.1, 0.15) is 0 Å². The molecule has 4 nitrogen and oxygen atoms in total. The second-order valence-electron chi connectivity index (χ2n) is 6.74. The molecule has 1 aliphatic rings. The lowest BCUT2D eigenvalue weighted by molar-refractivity contribution is -0.130. The summed E-state index contributed by atoms with van der Waals surface area (Å²) in [7, 11) is 0. The summed E-state index contributed by atoms with van der Waals surface area (Å²) in [6.07, 6.45) is 4.12. The van der Waals surface area contributed by atoms with Crippen LogP contribution in [0.25, 0.3) is 0 Å². The highest BCUT2D eigenvalue weighted by atomic mass is 16.2. The fourth-order valence-electron chi connectivity index (χ4n) is 3.14. The van der Waals surface area contributed by atoms with Crippen LogP contribution in [0.1, 0.15) is 45.1 Å². The standard InChI is InChI=1S/C19H28N2O2/c1-14(2)21-19(23)17-10-8-16(9-11-17)18(22)20-13-12-15-6-4-3-5-7-15/h3-7,14,16-17H,8-13H2,1-2H3,(H,20,22)(H,21,23). The van der Waals surface area contributed by atoms with Gasteiger partial charge in [0.25, 0.3) is 0 Å². The van der Waals surface area contributed by atoms with E-state index in [-0.39, 0.29) is 29.7 Å². The van der Waals surface area contributed by atoms with Gasteiger partial charge < -0.3 is 10.6 Å². The summed E-state index contributed by atoms with van der Waals surface area (Å²) in [4.78, 5) is 24.2. The molecule has 0 atom stereocenters. The zero-order valence-corrected chi connectivity index (χ0v) is 14.2. The fraction of sp³-hybridized carbons (Fsp3) is 0.579. The largest absolute Gasteiger partial charge is 0.356 e. The Bertz CT molecular complexity index is 505. The lowest BCUT2D eigenvalue weighted by atomic mass is 9.81. The summed E-state index contributed by atoms with van der Waals surface area (Å²) in [5, 5.41) is 6.01. The molecule has 2 rings (SSSR count). The van der Waals surface area contributed by atoms with Crippen LogP contribution in [-0.2, 0) is 16.0 Å². The van der Waals surface area contributed by atoms with Crippen molar-refractivity contribution in [1.82, 2.24) is 10.6 Å². The average Bonchev–Trinajstić information content (AvgIpc) is 2.55. The monoisotopic (exact) mass is 316 g/mol. The third-order valence-electron chi connectivity index (χ3n) is 4.46. The van der Waals surface area contributed by atoms with Gasteiger partial charge in [0.15, 0.2) is 0 Å². The number of carbonyl (C=O) groups is 2. The zero-order chi connectivity index (χ0) is 16.7. The Morgan fingerprint density at radius 2 is 1.57 bits per heavy atom. The number of amides is 2. The maximum Gasteiger partial charge on any atom is 0.223 e. The maximum absolute atomic E-state index is 12.2. The topological polar surface area (TPSA) is 58.2 Å². The highest BCUT2D eigenvalue weighted by molar-refractivity contribution is 5.81. The summed E-state index contributed by atoms with van der Waals surface area (Å²) >= 11 is 0. The van der Waals surface area contributed by atoms with Gasteiger partial charge in [0.05, 0.1) is 0 Å². The third kappa shape index (κ3) is 5.70. The van der Waals surface area contributed by atoms with Crippen LogP contribution in [0.4, 0.5) is 0 Å². The first-order chi connectivity index (χ1) is 11.1. The molecule has 0 radical (unpaired) electrons. The van der Waals surface area contributed by atoms with Gasteiger partial charge >= 0.3 is 0 Å². The molecule has 2 N–H and O–H groups in total. The molecular formula is C19H28N2O2. The Morgan fingerprint density at radius 1 is 1.00 bits per heavy atom. The molecular weight excluding hydrogens is 288 g/mol. The first-order valence-corrected chi connectivity index (χ1v) is 8.68. The minimum atomic E-state index is 0.0638. The maximum atomic E-state index is 12.2. The molecule has 0 unspecified atom stereocenters. The number of benzene rings is 1. The second-order valence-corrected chi connectivity index (χ2v) is 6.74. The lowest BCUT2D eigenvalue weighted by Crippen LogP contribution is -2.39. The molecule has 23 heavy (non-hydrogen) atoms. The molecule has 126 valence electrons. The van der Waals surface area contributed by atoms with Crippen LogP contribution < -0.4 is 10.6 Å². The van der Waals surface area contributed by atoms with E-state index in [1.165, 1.54) is 5.56 Å². The Kier molecular flexibility index (Phi) is 6.63. The Hall–Kier alpha value is -1.84. The SMILES string of the molecule is CC(C)NC(=O)C1CCC(C(=O)NCCc2ccccc2)CC1. The molecule has 0 saturated heterocycles. The van der Waals surface area contributed by atoms with Gasteiger partial charge in [-0.05, 0) is 51.5 Å². The number of nitrogens with one attached hydrogen (secondary N) is 2. The van der Waals surface area contributed by atoms with Crippen molar-refractivity contribution in [3.63, 3.8) is 0 Å². The third-order valence-corrected chi connectivity index (χ3v) is 4.46. The van der Waals surface area contributed by atoms with Crippen molar-refractivity contribution in [2.45, 2.75) is 52.0 Å². The van der Waals surface area contributed by atoms with Crippen molar-refractivity contribution in [2.24, 2.45) is 11.8 Å². The van der Waals surface area contributed by atoms with Gasteiger partial charge in [0, 0.05) is 24.4 Å². The zero-order valence-electron chi connectivity index (χ0n) is 14.2. The number of rotatable bonds is 6. The molecule has 0 aliphatic heterocycles. The van der Waals surface area contributed by atoms with E-state index in [4.69, 9.17) is 0 Å². The highest BCUT2D eigenvalue weighted by Gasteiger charge is 2.29. The predicted molar refractivity (Wildman–Crippen MR) is 91.9 cm³/mol. The number of hydrogen-bond donors (Lipinski definition) is 2. The smallest absolute Gasteiger partial charge is 0.223 e. The van der Waals surface area contributed by atoms with E-state index in [1.807, 2.05) is 32.0 Å². The summed E-state index contributed by atoms with van der Waals surface area (Å²) in [6, 6.07) is 10.4. The van der Waals surface area contributed by atoms with Crippen molar-refractivity contribution < 1.29 is 9.59 Å². The van der Waals surface area contributed by atoms with E-state index in [1.54, 1.807) is 0 Å². The van der Waals surface area contributed by atoms with Crippen LogP contribution in [0.5, 0.6) is 0 Å². The van der Waals surface area contributed by atoms with E-state index >= 15 is 0 Å². The van der Waals surface area contributed by atoms with Gasteiger partial charge in [0.2, 0.25) is 11.8 Å². The van der Waals surface area contributed by atoms with Gasteiger partial charge in [-0.2, -0.15) is 0 Å². The molecule has 0 bridgehead atoms. The minimum Gasteiger partial charge on any atom is -0.356 e. The summed E-state index contributed by atoms with van der Waals surface area (Å²) in [5.74, 6) is 0.422. The molecule has 1 aliphatic carbocycles. The molecule has 4 heteroatoms. The van der Waals surface area contributed by atoms with E-state index in [9.17, 15) is 9.59 Å². The van der Waals surface area contributed by atoms with E-state index < -0.39 is 0 Å². The lowest BCUT2D eigenvalue weighted by Gasteiger charge is -2.27. The van der Waals surface area contributed by atoms with Crippen molar-refractivity contribution >= 4 is 11.8 Å². The van der Waals surface area contributed by atoms with Crippen molar-refractivity contribution in [1.29, 1.82) is 0 Å². The molecule has 1 aromatic carbocycles. The average molecular weight is 316 g/mol. The van der Waals surface area contributed by atoms with Crippen LogP contribution >= 0.6 is 0 Å². The van der Waals surface area contributed by atoms with Crippen LogP contribution in [-0.4, -0.2) is 24.4 Å². The first-order valence-electron chi connectivity index (χ1n) is 8.68. The molecule has 0 aromatic heterocycles. The van der Waals surface area contributed by atoms with E-state index in [2.05, 4.69) is 22.8 Å². The van der Waals surface area contributed by atoms with Crippen LogP contribution in [0.15, 0.2) is 30.3 Å². The first kappa shape index (κ1) is 17.5. The van der Waals surface area contributed by atoms with E-state index in [0.29, 0.717) is 6.54 Å². The summed E-state index contributed by atoms with van der Waals surface area (Å²) in [6.45, 7) is 4.63. The van der Waals surface area contributed by atoms with Crippen LogP contribution in [0.2, 0.25) is 0 Å². The van der Waals surface area contributed by atoms with Crippen molar-refractivity contribution in [3.05, 3.63) is 35.9 Å². The summed E-state index contributed by atoms with van der Waals surface area (Å²) < 4.78 is 0. The Labute approximate surface area is 139 Å². The Balaban J connectivity index is 1.68. The second kappa shape index (κ2) is 8.70. The minimum absolute atomic E-state index is 0.0638. The number of carbonyl (C=O) groups excluding carboxylic acids is 2. The Morgan fingerprint density at radius 3 is 2.13 bits per heavy atom. The molecule has 0 spiro atoms. The quantitative estimate of drug-likeness (QED) is 0.848. The van der Waals surface area contributed by atoms with Crippen LogP contribution in [0, 0.1) is 11.8 Å². The van der Waals surface area contributed by atoms with Gasteiger partial charge in [-0.3, -0.25) is 9.59 Å². The molecule has 1 saturated carbocycles. The number of hydrogen-bond acceptors (Lipinski definition) is 2. The fourth-order valence-corrected chi connectivity index (χ4v) is 3.14. The van der Waals surface area contributed by atoms with Crippen LogP contribution in [0.3, 0.4) is 0 Å². The molecule has 1 aromatic rings. The highest BCUT2D eigenvalue weighted by Crippen LogP contribution is 2.29. The molecule has 0 heterocycles.